The summed E-state index contributed by atoms with van der Waals surface area (Å²) in [4.78, 5) is 23.3. The monoisotopic (exact) mass is 222 g/mol. The predicted molar refractivity (Wildman–Crippen MR) is 59.3 cm³/mol. The van der Waals surface area contributed by atoms with Crippen LogP contribution in [-0.2, 0) is 6.54 Å². The van der Waals surface area contributed by atoms with Gasteiger partial charge in [-0.1, -0.05) is 12.1 Å². The molecule has 0 bridgehead atoms. The summed E-state index contributed by atoms with van der Waals surface area (Å²) in [5.41, 5.74) is 1.13. The first-order chi connectivity index (χ1) is 7.54. The average Bonchev–Trinajstić information content (AvgIpc) is 2.28. The molecule has 1 aromatic rings. The van der Waals surface area contributed by atoms with E-state index in [0.29, 0.717) is 6.54 Å². The summed E-state index contributed by atoms with van der Waals surface area (Å²) in [6.45, 7) is 0.444. The smallest absolute Gasteiger partial charge is 0.335 e. The minimum Gasteiger partial charge on any atom is -0.478 e. The molecule has 2 N–H and O–H groups in total. The highest BCUT2D eigenvalue weighted by Gasteiger charge is 2.07. The molecule has 0 fully saturated rings. The van der Waals surface area contributed by atoms with Crippen LogP contribution < -0.4 is 5.32 Å². The SMILES string of the molecule is CNC(=O)N(C)Cc1ccc(C(=O)O)cc1. The van der Waals surface area contributed by atoms with Gasteiger partial charge in [0.15, 0.2) is 0 Å². The molecule has 0 spiro atoms. The van der Waals surface area contributed by atoms with E-state index < -0.39 is 5.97 Å². The normalized spacial score (nSPS) is 9.62. The van der Waals surface area contributed by atoms with Crippen LogP contribution in [0.1, 0.15) is 15.9 Å². The van der Waals surface area contributed by atoms with E-state index in [4.69, 9.17) is 5.11 Å². The number of carbonyl (C=O) groups excluding carboxylic acids is 1. The van der Waals surface area contributed by atoms with Crippen LogP contribution >= 0.6 is 0 Å². The standard InChI is InChI=1S/C11H14N2O3/c1-12-11(16)13(2)7-8-3-5-9(6-4-8)10(14)15/h3-6H,7H2,1-2H3,(H,12,16)(H,14,15). The Kier molecular flexibility index (Phi) is 3.88. The third-order valence-electron chi connectivity index (χ3n) is 2.18. The van der Waals surface area contributed by atoms with Crippen molar-refractivity contribution in [2.75, 3.05) is 14.1 Å². The molecule has 0 unspecified atom stereocenters. The van der Waals surface area contributed by atoms with Crippen molar-refractivity contribution in [3.63, 3.8) is 0 Å². The summed E-state index contributed by atoms with van der Waals surface area (Å²) < 4.78 is 0. The molecule has 16 heavy (non-hydrogen) atoms. The summed E-state index contributed by atoms with van der Waals surface area (Å²) >= 11 is 0. The van der Waals surface area contributed by atoms with E-state index in [1.165, 1.54) is 17.0 Å². The molecule has 0 aliphatic carbocycles. The average molecular weight is 222 g/mol. The van der Waals surface area contributed by atoms with Crippen LogP contribution in [0.25, 0.3) is 0 Å². The maximum Gasteiger partial charge on any atom is 0.335 e. The van der Waals surface area contributed by atoms with Crippen LogP contribution in [-0.4, -0.2) is 36.1 Å². The van der Waals surface area contributed by atoms with E-state index in [-0.39, 0.29) is 11.6 Å². The number of carbonyl (C=O) groups is 2. The first kappa shape index (κ1) is 12.0. The Morgan fingerprint density at radius 1 is 1.31 bits per heavy atom. The zero-order chi connectivity index (χ0) is 12.1. The van der Waals surface area contributed by atoms with Gasteiger partial charge in [-0.2, -0.15) is 0 Å². The third-order valence-corrected chi connectivity index (χ3v) is 2.18. The summed E-state index contributed by atoms with van der Waals surface area (Å²) in [5.74, 6) is -0.953. The summed E-state index contributed by atoms with van der Waals surface area (Å²) in [5, 5.41) is 11.2. The maximum atomic E-state index is 11.2. The lowest BCUT2D eigenvalue weighted by Gasteiger charge is -2.16. The molecule has 0 radical (unpaired) electrons. The van der Waals surface area contributed by atoms with E-state index in [0.717, 1.165) is 5.56 Å². The Hall–Kier alpha value is -2.04. The number of urea groups is 1. The number of benzene rings is 1. The number of hydrogen-bond donors (Lipinski definition) is 2. The molecule has 2 amide bonds. The fraction of sp³-hybridized carbons (Fsp3) is 0.273. The number of hydrogen-bond acceptors (Lipinski definition) is 2. The Bertz CT molecular complexity index is 387. The molecule has 5 nitrogen and oxygen atoms in total. The minimum atomic E-state index is -0.953. The molecule has 0 saturated heterocycles. The van der Waals surface area contributed by atoms with Crippen LogP contribution in [0.5, 0.6) is 0 Å². The predicted octanol–water partition coefficient (Wildman–Crippen LogP) is 1.16. The maximum absolute atomic E-state index is 11.2. The fourth-order valence-corrected chi connectivity index (χ4v) is 1.29. The lowest BCUT2D eigenvalue weighted by Crippen LogP contribution is -2.34. The van der Waals surface area contributed by atoms with Crippen LogP contribution in [0.15, 0.2) is 24.3 Å². The number of aromatic carboxylic acids is 1. The number of amides is 2. The molecule has 0 aromatic heterocycles. The zero-order valence-corrected chi connectivity index (χ0v) is 9.23. The number of carboxylic acids is 1. The zero-order valence-electron chi connectivity index (χ0n) is 9.23. The molecule has 1 aromatic carbocycles. The van der Waals surface area contributed by atoms with Crippen molar-refractivity contribution in [1.82, 2.24) is 10.2 Å². The molecule has 0 saturated carbocycles. The van der Waals surface area contributed by atoms with Crippen molar-refractivity contribution >= 4 is 12.0 Å². The van der Waals surface area contributed by atoms with Crippen LogP contribution in [0.2, 0.25) is 0 Å². The van der Waals surface area contributed by atoms with Gasteiger partial charge in [0.25, 0.3) is 0 Å². The second-order valence-corrected chi connectivity index (χ2v) is 3.41. The third kappa shape index (κ3) is 2.98. The molecular weight excluding hydrogens is 208 g/mol. The van der Waals surface area contributed by atoms with Crippen molar-refractivity contribution in [1.29, 1.82) is 0 Å². The molecule has 0 atom stereocenters. The van der Waals surface area contributed by atoms with Gasteiger partial charge in [-0.05, 0) is 17.7 Å². The Morgan fingerprint density at radius 2 is 1.88 bits per heavy atom. The number of nitrogens with one attached hydrogen (secondary N) is 1. The number of rotatable bonds is 3. The highest BCUT2D eigenvalue weighted by Crippen LogP contribution is 2.06. The second kappa shape index (κ2) is 5.16. The quantitative estimate of drug-likeness (QED) is 0.806. The van der Waals surface area contributed by atoms with Gasteiger partial charge < -0.3 is 15.3 Å². The molecule has 1 rings (SSSR count). The lowest BCUT2D eigenvalue weighted by molar-refractivity contribution is 0.0697. The first-order valence-electron chi connectivity index (χ1n) is 4.79. The molecular formula is C11H14N2O3. The fourth-order valence-electron chi connectivity index (χ4n) is 1.29. The lowest BCUT2D eigenvalue weighted by atomic mass is 10.1. The largest absolute Gasteiger partial charge is 0.478 e. The van der Waals surface area contributed by atoms with Gasteiger partial charge in [0, 0.05) is 20.6 Å². The van der Waals surface area contributed by atoms with Crippen molar-refractivity contribution in [2.24, 2.45) is 0 Å². The van der Waals surface area contributed by atoms with E-state index >= 15 is 0 Å². The Labute approximate surface area is 93.7 Å². The van der Waals surface area contributed by atoms with Gasteiger partial charge >= 0.3 is 12.0 Å². The van der Waals surface area contributed by atoms with Crippen molar-refractivity contribution in [3.8, 4) is 0 Å². The summed E-state index contributed by atoms with van der Waals surface area (Å²) in [6, 6.07) is 6.26. The molecule has 5 heteroatoms. The van der Waals surface area contributed by atoms with E-state index in [2.05, 4.69) is 5.32 Å². The molecule has 0 heterocycles. The summed E-state index contributed by atoms with van der Waals surface area (Å²) in [7, 11) is 3.23. The molecule has 0 aliphatic rings. The highest BCUT2D eigenvalue weighted by molar-refractivity contribution is 5.87. The van der Waals surface area contributed by atoms with Crippen molar-refractivity contribution < 1.29 is 14.7 Å². The highest BCUT2D eigenvalue weighted by atomic mass is 16.4. The van der Waals surface area contributed by atoms with Gasteiger partial charge in [0.1, 0.15) is 0 Å². The molecule has 86 valence electrons. The van der Waals surface area contributed by atoms with Crippen molar-refractivity contribution in [2.45, 2.75) is 6.54 Å². The first-order valence-corrected chi connectivity index (χ1v) is 4.79. The Balaban J connectivity index is 2.68. The van der Waals surface area contributed by atoms with Crippen molar-refractivity contribution in [3.05, 3.63) is 35.4 Å². The van der Waals surface area contributed by atoms with Gasteiger partial charge in [-0.3, -0.25) is 0 Å². The van der Waals surface area contributed by atoms with Crippen LogP contribution in [0, 0.1) is 0 Å². The second-order valence-electron chi connectivity index (χ2n) is 3.41. The van der Waals surface area contributed by atoms with Gasteiger partial charge in [0.05, 0.1) is 5.56 Å². The topological polar surface area (TPSA) is 69.6 Å². The van der Waals surface area contributed by atoms with Crippen LogP contribution in [0.3, 0.4) is 0 Å². The Morgan fingerprint density at radius 3 is 2.31 bits per heavy atom. The van der Waals surface area contributed by atoms with E-state index in [9.17, 15) is 9.59 Å². The van der Waals surface area contributed by atoms with E-state index in [1.807, 2.05) is 0 Å². The number of nitrogens with zero attached hydrogens (tertiary/aromatic N) is 1. The van der Waals surface area contributed by atoms with E-state index in [1.54, 1.807) is 26.2 Å². The number of carboxylic acid groups (broad SMARTS) is 1. The van der Waals surface area contributed by atoms with Crippen LogP contribution in [0.4, 0.5) is 4.79 Å². The van der Waals surface area contributed by atoms with Gasteiger partial charge in [-0.15, -0.1) is 0 Å². The molecule has 0 aliphatic heterocycles. The summed E-state index contributed by atoms with van der Waals surface area (Å²) in [6.07, 6.45) is 0. The van der Waals surface area contributed by atoms with Gasteiger partial charge in [-0.25, -0.2) is 9.59 Å². The van der Waals surface area contributed by atoms with Gasteiger partial charge in [0.2, 0.25) is 0 Å². The minimum absolute atomic E-state index is 0.178.